The molecule has 1 aliphatic heterocycles. The van der Waals surface area contributed by atoms with Crippen LogP contribution in [-0.2, 0) is 0 Å². The Hall–Kier alpha value is -1.71. The van der Waals surface area contributed by atoms with Gasteiger partial charge in [-0.25, -0.2) is 0 Å². The monoisotopic (exact) mass is 148 g/mol. The van der Waals surface area contributed by atoms with Gasteiger partial charge >= 0.3 is 0 Å². The first-order chi connectivity index (χ1) is 5.36. The molecular weight excluding hydrogens is 142 g/mol. The minimum Gasteiger partial charge on any atom is -0.463 e. The number of hydrogen-bond acceptors (Lipinski definition) is 3. The lowest BCUT2D eigenvalue weighted by atomic mass is 10.3. The van der Waals surface area contributed by atoms with Crippen molar-refractivity contribution in [3.63, 3.8) is 0 Å². The number of nitrogens with zero attached hydrogens (tertiary/aromatic N) is 2. The molecule has 11 heavy (non-hydrogen) atoms. The van der Waals surface area contributed by atoms with Gasteiger partial charge in [0.1, 0.15) is 11.5 Å². The molecule has 2 heterocycles. The molecule has 0 aliphatic carbocycles. The van der Waals surface area contributed by atoms with Gasteiger partial charge in [-0.2, -0.15) is 0 Å². The highest BCUT2D eigenvalue weighted by Crippen LogP contribution is 2.15. The second kappa shape index (κ2) is 2.16. The lowest BCUT2D eigenvalue weighted by molar-refractivity contribution is 0.548. The van der Waals surface area contributed by atoms with Crippen molar-refractivity contribution in [2.45, 2.75) is 0 Å². The summed E-state index contributed by atoms with van der Waals surface area (Å²) in [5.74, 6) is 1.10. The Morgan fingerprint density at radius 1 is 1.45 bits per heavy atom. The molecule has 0 spiro atoms. The quantitative estimate of drug-likeness (QED) is 0.630. The number of rotatable bonds is 1. The van der Waals surface area contributed by atoms with E-state index >= 15 is 0 Å². The van der Waals surface area contributed by atoms with Crippen molar-refractivity contribution in [3.8, 4) is 0 Å². The van der Waals surface area contributed by atoms with E-state index in [0.717, 1.165) is 0 Å². The van der Waals surface area contributed by atoms with Crippen molar-refractivity contribution < 1.29 is 4.42 Å². The third kappa shape index (κ3) is 0.980. The summed E-state index contributed by atoms with van der Waals surface area (Å²) in [5, 5.41) is 3.64. The van der Waals surface area contributed by atoms with Crippen LogP contribution in [0.2, 0.25) is 0 Å². The maximum atomic E-state index is 5.37. The summed E-state index contributed by atoms with van der Waals surface area (Å²) in [6.45, 7) is 0. The molecule has 1 aliphatic rings. The Labute approximate surface area is 63.4 Å². The number of hydrogen-bond donors (Lipinski definition) is 1. The largest absolute Gasteiger partial charge is 0.463 e. The average Bonchev–Trinajstić information content (AvgIpc) is 2.55. The molecule has 4 nitrogen and oxygen atoms in total. The molecule has 0 aromatic carbocycles. The lowest BCUT2D eigenvalue weighted by Gasteiger charge is -1.90. The van der Waals surface area contributed by atoms with Gasteiger partial charge in [0.25, 0.3) is 0 Å². The number of furan rings is 1. The molecule has 0 amide bonds. The van der Waals surface area contributed by atoms with Crippen LogP contribution in [0.4, 0.5) is 0 Å². The van der Waals surface area contributed by atoms with Gasteiger partial charge in [0.15, 0.2) is 5.76 Å². The fourth-order valence-corrected chi connectivity index (χ4v) is 0.854. The van der Waals surface area contributed by atoms with Gasteiger partial charge in [-0.15, -0.1) is 10.5 Å². The van der Waals surface area contributed by atoms with Crippen molar-refractivity contribution in [1.29, 1.82) is 0 Å². The van der Waals surface area contributed by atoms with Crippen molar-refractivity contribution in [2.24, 2.45) is 10.8 Å². The van der Waals surface area contributed by atoms with E-state index < -0.39 is 0 Å². The molecule has 0 unspecified atom stereocenters. The lowest BCUT2D eigenvalue weighted by Crippen LogP contribution is -2.04. The molecule has 1 aromatic rings. The van der Waals surface area contributed by atoms with E-state index in [1.54, 1.807) is 18.4 Å². The van der Waals surface area contributed by atoms with Gasteiger partial charge < -0.3 is 10.2 Å². The summed E-state index contributed by atoms with van der Waals surface area (Å²) >= 11 is 0. The fourth-order valence-electron chi connectivity index (χ4n) is 0.854. The Balaban J connectivity index is 2.28. The van der Waals surface area contributed by atoms with Gasteiger partial charge in [-0.1, -0.05) is 0 Å². The SMILES string of the molecule is NC1=N[N]C(c2ccco2)=C1. The molecule has 2 N–H and O–H groups in total. The zero-order valence-corrected chi connectivity index (χ0v) is 5.69. The van der Waals surface area contributed by atoms with E-state index in [-0.39, 0.29) is 0 Å². The number of amidine groups is 1. The molecule has 0 bridgehead atoms. The van der Waals surface area contributed by atoms with E-state index in [9.17, 15) is 0 Å². The van der Waals surface area contributed by atoms with Gasteiger partial charge in [-0.3, -0.25) is 0 Å². The second-order valence-corrected chi connectivity index (χ2v) is 2.13. The summed E-state index contributed by atoms with van der Waals surface area (Å²) in [6.07, 6.45) is 3.25. The molecule has 0 fully saturated rings. The maximum Gasteiger partial charge on any atom is 0.154 e. The van der Waals surface area contributed by atoms with Crippen LogP contribution in [0, 0.1) is 0 Å². The van der Waals surface area contributed by atoms with E-state index in [1.807, 2.05) is 6.07 Å². The van der Waals surface area contributed by atoms with Gasteiger partial charge in [0.05, 0.1) is 6.26 Å². The van der Waals surface area contributed by atoms with Gasteiger partial charge in [0.2, 0.25) is 0 Å². The first-order valence-electron chi connectivity index (χ1n) is 3.16. The minimum absolute atomic E-state index is 0.413. The molecule has 2 rings (SSSR count). The Morgan fingerprint density at radius 2 is 2.36 bits per heavy atom. The van der Waals surface area contributed by atoms with Crippen LogP contribution in [0.5, 0.6) is 0 Å². The third-order valence-electron chi connectivity index (χ3n) is 1.33. The standard InChI is InChI=1S/C7H6N3O/c8-7-4-5(9-10-7)6-2-1-3-11-6/h1-4H,(H2,8,10). The topological polar surface area (TPSA) is 65.6 Å². The second-order valence-electron chi connectivity index (χ2n) is 2.13. The molecule has 4 heteroatoms. The summed E-state index contributed by atoms with van der Waals surface area (Å²) < 4.78 is 5.07. The smallest absolute Gasteiger partial charge is 0.154 e. The zero-order chi connectivity index (χ0) is 7.68. The highest BCUT2D eigenvalue weighted by molar-refractivity contribution is 5.99. The van der Waals surface area contributed by atoms with Crippen molar-refractivity contribution >= 4 is 11.5 Å². The Morgan fingerprint density at radius 3 is 2.91 bits per heavy atom. The van der Waals surface area contributed by atoms with E-state index in [4.69, 9.17) is 10.2 Å². The van der Waals surface area contributed by atoms with Crippen LogP contribution >= 0.6 is 0 Å². The van der Waals surface area contributed by atoms with Crippen LogP contribution in [0.15, 0.2) is 34.0 Å². The molecule has 1 radical (unpaired) electrons. The molecule has 0 atom stereocenters. The Kier molecular flexibility index (Phi) is 1.18. The highest BCUT2D eigenvalue weighted by atomic mass is 16.3. The highest BCUT2D eigenvalue weighted by Gasteiger charge is 2.11. The van der Waals surface area contributed by atoms with E-state index in [1.165, 1.54) is 0 Å². The maximum absolute atomic E-state index is 5.37. The van der Waals surface area contributed by atoms with E-state index in [0.29, 0.717) is 17.3 Å². The first kappa shape index (κ1) is 6.03. The molecule has 0 saturated heterocycles. The van der Waals surface area contributed by atoms with Crippen LogP contribution in [0.25, 0.3) is 5.70 Å². The summed E-state index contributed by atoms with van der Waals surface area (Å²) in [5.41, 5.74) is 9.83. The van der Waals surface area contributed by atoms with Crippen LogP contribution < -0.4 is 11.2 Å². The summed E-state index contributed by atoms with van der Waals surface area (Å²) in [7, 11) is 0. The number of nitrogens with two attached hydrogens (primary N) is 1. The van der Waals surface area contributed by atoms with Crippen molar-refractivity contribution in [3.05, 3.63) is 30.2 Å². The van der Waals surface area contributed by atoms with Crippen LogP contribution in [-0.4, -0.2) is 5.84 Å². The minimum atomic E-state index is 0.413. The van der Waals surface area contributed by atoms with Crippen molar-refractivity contribution in [2.75, 3.05) is 0 Å². The summed E-state index contributed by atoms with van der Waals surface area (Å²) in [4.78, 5) is 0. The fraction of sp³-hybridized carbons (Fsp3) is 0. The van der Waals surface area contributed by atoms with Gasteiger partial charge in [-0.05, 0) is 12.1 Å². The Bertz CT molecular complexity index is 310. The molecule has 55 valence electrons. The van der Waals surface area contributed by atoms with Crippen molar-refractivity contribution in [1.82, 2.24) is 5.43 Å². The van der Waals surface area contributed by atoms with Crippen LogP contribution in [0.3, 0.4) is 0 Å². The normalized spacial score (nSPS) is 15.6. The first-order valence-corrected chi connectivity index (χ1v) is 3.16. The average molecular weight is 148 g/mol. The zero-order valence-electron chi connectivity index (χ0n) is 5.69. The molecular formula is C7H6N3O. The van der Waals surface area contributed by atoms with E-state index in [2.05, 4.69) is 10.5 Å². The predicted molar refractivity (Wildman–Crippen MR) is 40.4 cm³/mol. The molecule has 1 aromatic heterocycles. The summed E-state index contributed by atoms with van der Waals surface area (Å²) in [6, 6.07) is 3.60. The third-order valence-corrected chi connectivity index (χ3v) is 1.33. The van der Waals surface area contributed by atoms with Crippen LogP contribution in [0.1, 0.15) is 5.76 Å². The molecule has 0 saturated carbocycles. The van der Waals surface area contributed by atoms with Gasteiger partial charge in [0, 0.05) is 6.08 Å². The predicted octanol–water partition coefficient (Wildman–Crippen LogP) is 0.511.